The van der Waals surface area contributed by atoms with Crippen LogP contribution in [-0.2, 0) is 12.7 Å². The van der Waals surface area contributed by atoms with E-state index in [1.165, 1.54) is 12.3 Å². The molecule has 2 aromatic heterocycles. The van der Waals surface area contributed by atoms with E-state index in [9.17, 15) is 18.3 Å². The van der Waals surface area contributed by atoms with Crippen LogP contribution in [0.25, 0.3) is 22.6 Å². The average molecular weight is 310 g/mol. The number of furan rings is 1. The Labute approximate surface area is 123 Å². The summed E-state index contributed by atoms with van der Waals surface area (Å²) in [6.07, 6.45) is -3.64. The zero-order valence-corrected chi connectivity index (χ0v) is 11.6. The summed E-state index contributed by atoms with van der Waals surface area (Å²) >= 11 is 0. The number of aliphatic hydroxyl groups is 1. The van der Waals surface area contributed by atoms with Crippen molar-refractivity contribution in [2.24, 2.45) is 0 Å². The molecule has 0 spiro atoms. The van der Waals surface area contributed by atoms with Crippen LogP contribution in [0, 0.1) is 0 Å². The monoisotopic (exact) mass is 310 g/mol. The Hall–Kier alpha value is -2.28. The van der Waals surface area contributed by atoms with Gasteiger partial charge in [-0.1, -0.05) is 0 Å². The minimum Gasteiger partial charge on any atom is -0.461 e. The Morgan fingerprint density at radius 2 is 2.09 bits per heavy atom. The molecule has 0 aliphatic carbocycles. The second kappa shape index (κ2) is 5.17. The molecule has 116 valence electrons. The molecule has 0 aliphatic heterocycles. The van der Waals surface area contributed by atoms with Gasteiger partial charge in [-0.25, -0.2) is 4.98 Å². The number of aromatic nitrogens is 2. The molecule has 0 saturated carbocycles. The van der Waals surface area contributed by atoms with Crippen molar-refractivity contribution in [3.05, 3.63) is 42.2 Å². The van der Waals surface area contributed by atoms with Gasteiger partial charge in [-0.3, -0.25) is 0 Å². The SMILES string of the molecule is CC(O)Cn1c(-c2ccco2)nc2cc(C(F)(F)F)ccc21. The Bertz CT molecular complexity index is 789. The minimum atomic E-state index is -4.42. The summed E-state index contributed by atoms with van der Waals surface area (Å²) in [5.41, 5.74) is -0.0325. The molecule has 0 bridgehead atoms. The van der Waals surface area contributed by atoms with Gasteiger partial charge >= 0.3 is 6.18 Å². The number of hydrogen-bond donors (Lipinski definition) is 1. The second-order valence-electron chi connectivity index (χ2n) is 5.07. The summed E-state index contributed by atoms with van der Waals surface area (Å²) in [6, 6.07) is 6.71. The van der Waals surface area contributed by atoms with Crippen molar-refractivity contribution in [3.8, 4) is 11.6 Å². The van der Waals surface area contributed by atoms with Gasteiger partial charge in [0.25, 0.3) is 0 Å². The first-order chi connectivity index (χ1) is 10.4. The van der Waals surface area contributed by atoms with E-state index in [1.807, 2.05) is 0 Å². The lowest BCUT2D eigenvalue weighted by Crippen LogP contribution is -2.12. The summed E-state index contributed by atoms with van der Waals surface area (Å²) in [6.45, 7) is 1.81. The molecule has 0 fully saturated rings. The molecule has 3 rings (SSSR count). The van der Waals surface area contributed by atoms with E-state index in [-0.39, 0.29) is 12.1 Å². The maximum atomic E-state index is 12.8. The second-order valence-corrected chi connectivity index (χ2v) is 5.07. The third kappa shape index (κ3) is 2.59. The smallest absolute Gasteiger partial charge is 0.416 e. The number of imidazole rings is 1. The first-order valence-electron chi connectivity index (χ1n) is 6.65. The molecule has 0 radical (unpaired) electrons. The van der Waals surface area contributed by atoms with Crippen LogP contribution in [0.1, 0.15) is 12.5 Å². The van der Waals surface area contributed by atoms with Crippen LogP contribution in [0.15, 0.2) is 41.0 Å². The summed E-state index contributed by atoms with van der Waals surface area (Å²) in [5, 5.41) is 9.63. The van der Waals surface area contributed by atoms with Crippen LogP contribution in [0.5, 0.6) is 0 Å². The van der Waals surface area contributed by atoms with Crippen LogP contribution in [-0.4, -0.2) is 20.8 Å². The highest BCUT2D eigenvalue weighted by atomic mass is 19.4. The largest absolute Gasteiger partial charge is 0.461 e. The van der Waals surface area contributed by atoms with Crippen molar-refractivity contribution >= 4 is 11.0 Å². The van der Waals surface area contributed by atoms with Crippen LogP contribution >= 0.6 is 0 Å². The lowest BCUT2D eigenvalue weighted by molar-refractivity contribution is -0.137. The van der Waals surface area contributed by atoms with Gasteiger partial charge in [-0.2, -0.15) is 13.2 Å². The minimum absolute atomic E-state index is 0.206. The van der Waals surface area contributed by atoms with Gasteiger partial charge in [0, 0.05) is 0 Å². The predicted molar refractivity (Wildman–Crippen MR) is 74.1 cm³/mol. The van der Waals surface area contributed by atoms with Gasteiger partial charge in [0.2, 0.25) is 0 Å². The van der Waals surface area contributed by atoms with Crippen molar-refractivity contribution in [2.75, 3.05) is 0 Å². The number of halogens is 3. The molecule has 4 nitrogen and oxygen atoms in total. The molecule has 1 aromatic carbocycles. The predicted octanol–water partition coefficient (Wildman–Crippen LogP) is 3.70. The highest BCUT2D eigenvalue weighted by Gasteiger charge is 2.31. The van der Waals surface area contributed by atoms with E-state index in [0.717, 1.165) is 12.1 Å². The van der Waals surface area contributed by atoms with Crippen LogP contribution in [0.4, 0.5) is 13.2 Å². The summed E-state index contributed by atoms with van der Waals surface area (Å²) in [5.74, 6) is 0.825. The quantitative estimate of drug-likeness (QED) is 0.802. The van der Waals surface area contributed by atoms with Gasteiger partial charge in [0.15, 0.2) is 11.6 Å². The van der Waals surface area contributed by atoms with Crippen molar-refractivity contribution in [1.29, 1.82) is 0 Å². The Kier molecular flexibility index (Phi) is 3.44. The number of nitrogens with zero attached hydrogens (tertiary/aromatic N) is 2. The zero-order chi connectivity index (χ0) is 15.9. The van der Waals surface area contributed by atoms with Crippen LogP contribution in [0.2, 0.25) is 0 Å². The van der Waals surface area contributed by atoms with Crippen LogP contribution < -0.4 is 0 Å². The summed E-state index contributed by atoms with van der Waals surface area (Å²) < 4.78 is 45.4. The van der Waals surface area contributed by atoms with E-state index in [2.05, 4.69) is 4.98 Å². The van der Waals surface area contributed by atoms with Gasteiger partial charge in [0.1, 0.15) is 0 Å². The molecule has 3 aromatic rings. The van der Waals surface area contributed by atoms with Crippen LogP contribution in [0.3, 0.4) is 0 Å². The number of rotatable bonds is 3. The van der Waals surface area contributed by atoms with E-state index >= 15 is 0 Å². The Morgan fingerprint density at radius 1 is 1.32 bits per heavy atom. The Balaban J connectivity index is 2.21. The zero-order valence-electron chi connectivity index (χ0n) is 11.6. The molecule has 0 saturated heterocycles. The molecule has 0 aliphatic rings. The molecular formula is C15H13F3N2O2. The van der Waals surface area contributed by atoms with Crippen molar-refractivity contribution in [3.63, 3.8) is 0 Å². The molecule has 0 amide bonds. The molecule has 1 unspecified atom stereocenters. The maximum Gasteiger partial charge on any atom is 0.416 e. The van der Waals surface area contributed by atoms with E-state index in [1.54, 1.807) is 23.6 Å². The van der Waals surface area contributed by atoms with Crippen molar-refractivity contribution in [2.45, 2.75) is 25.7 Å². The first-order valence-corrected chi connectivity index (χ1v) is 6.65. The number of hydrogen-bond acceptors (Lipinski definition) is 3. The standard InChI is InChI=1S/C15H13F3N2O2/c1-9(21)8-20-12-5-4-10(15(16,17)18)7-11(12)19-14(20)13-3-2-6-22-13/h2-7,9,21H,8H2,1H3. The van der Waals surface area contributed by atoms with E-state index in [0.29, 0.717) is 17.1 Å². The number of benzene rings is 1. The molecule has 1 N–H and O–H groups in total. The number of aliphatic hydroxyl groups excluding tert-OH is 1. The lowest BCUT2D eigenvalue weighted by Gasteiger charge is -2.10. The fourth-order valence-electron chi connectivity index (χ4n) is 2.35. The number of alkyl halides is 3. The molecule has 1 atom stereocenters. The highest BCUT2D eigenvalue weighted by molar-refractivity contribution is 5.80. The first kappa shape index (κ1) is 14.6. The van der Waals surface area contributed by atoms with Crippen molar-refractivity contribution in [1.82, 2.24) is 9.55 Å². The van der Waals surface area contributed by atoms with Gasteiger partial charge in [-0.05, 0) is 37.3 Å². The summed E-state index contributed by atoms with van der Waals surface area (Å²) in [4.78, 5) is 4.24. The molecule has 2 heterocycles. The van der Waals surface area contributed by atoms with Gasteiger partial charge in [-0.15, -0.1) is 0 Å². The summed E-state index contributed by atoms with van der Waals surface area (Å²) in [7, 11) is 0. The third-order valence-corrected chi connectivity index (χ3v) is 3.26. The van der Waals surface area contributed by atoms with Gasteiger partial charge in [0.05, 0.1) is 35.5 Å². The van der Waals surface area contributed by atoms with E-state index in [4.69, 9.17) is 4.42 Å². The van der Waals surface area contributed by atoms with Gasteiger partial charge < -0.3 is 14.1 Å². The van der Waals surface area contributed by atoms with Crippen molar-refractivity contribution < 1.29 is 22.7 Å². The molecular weight excluding hydrogens is 297 g/mol. The fourth-order valence-corrected chi connectivity index (χ4v) is 2.35. The highest BCUT2D eigenvalue weighted by Crippen LogP contribution is 2.33. The lowest BCUT2D eigenvalue weighted by atomic mass is 10.2. The third-order valence-electron chi connectivity index (χ3n) is 3.26. The molecule has 22 heavy (non-hydrogen) atoms. The average Bonchev–Trinajstić information content (AvgIpc) is 3.04. The fraction of sp³-hybridized carbons (Fsp3) is 0.267. The topological polar surface area (TPSA) is 51.2 Å². The number of fused-ring (bicyclic) bond motifs is 1. The molecule has 7 heteroatoms. The maximum absolute atomic E-state index is 12.8. The van der Waals surface area contributed by atoms with E-state index < -0.39 is 17.8 Å². The normalized spacial score (nSPS) is 13.7. The Morgan fingerprint density at radius 3 is 2.68 bits per heavy atom.